The molecule has 0 saturated heterocycles. The van der Waals surface area contributed by atoms with Gasteiger partial charge in [0.25, 0.3) is 0 Å². The van der Waals surface area contributed by atoms with Crippen LogP contribution in [-0.4, -0.2) is 38.8 Å². The molecule has 0 unspecified atom stereocenters. The lowest BCUT2D eigenvalue weighted by molar-refractivity contribution is -0.121. The number of hydrogen-bond donors (Lipinski definition) is 1. The van der Waals surface area contributed by atoms with E-state index in [4.69, 9.17) is 4.74 Å². The van der Waals surface area contributed by atoms with E-state index < -0.39 is 10.0 Å². The van der Waals surface area contributed by atoms with E-state index in [0.717, 1.165) is 14.3 Å². The molecule has 6 nitrogen and oxygen atoms in total. The van der Waals surface area contributed by atoms with Gasteiger partial charge in [0.1, 0.15) is 5.75 Å². The minimum Gasteiger partial charge on any atom is -0.496 e. The third kappa shape index (κ3) is 5.33. The van der Waals surface area contributed by atoms with Crippen LogP contribution in [0.15, 0.2) is 51.8 Å². The van der Waals surface area contributed by atoms with Crippen molar-refractivity contribution in [1.82, 2.24) is 9.62 Å². The minimum absolute atomic E-state index is 0.140. The molecule has 0 aliphatic rings. The topological polar surface area (TPSA) is 75.7 Å². The van der Waals surface area contributed by atoms with Crippen molar-refractivity contribution in [2.24, 2.45) is 0 Å². The predicted molar refractivity (Wildman–Crippen MR) is 113 cm³/mol. The van der Waals surface area contributed by atoms with Gasteiger partial charge in [-0.15, -0.1) is 0 Å². The SMILES string of the molecule is CCN(CC(=O)N[C@H](C)c1ccc(Br)cc1)S(=O)(=O)c1ccc(OC)c(C)c1. The van der Waals surface area contributed by atoms with Crippen molar-refractivity contribution in [2.45, 2.75) is 31.7 Å². The molecule has 0 fully saturated rings. The summed E-state index contributed by atoms with van der Waals surface area (Å²) < 4.78 is 33.2. The van der Waals surface area contributed by atoms with Crippen LogP contribution < -0.4 is 10.1 Å². The Morgan fingerprint density at radius 2 is 1.86 bits per heavy atom. The van der Waals surface area contributed by atoms with Crippen LogP contribution >= 0.6 is 15.9 Å². The molecule has 2 aromatic carbocycles. The standard InChI is InChI=1S/C20H25BrN2O4S/c1-5-23(28(25,26)18-10-11-19(27-4)14(2)12-18)13-20(24)22-15(3)16-6-8-17(21)9-7-16/h6-12,15H,5,13H2,1-4H3,(H,22,24)/t15-/m1/s1. The van der Waals surface area contributed by atoms with Gasteiger partial charge in [0.15, 0.2) is 0 Å². The summed E-state index contributed by atoms with van der Waals surface area (Å²) in [4.78, 5) is 12.6. The van der Waals surface area contributed by atoms with Gasteiger partial charge in [-0.2, -0.15) is 4.31 Å². The highest BCUT2D eigenvalue weighted by molar-refractivity contribution is 9.10. The zero-order valence-corrected chi connectivity index (χ0v) is 18.8. The molecule has 1 N–H and O–H groups in total. The van der Waals surface area contributed by atoms with Gasteiger partial charge in [-0.05, 0) is 55.3 Å². The Kier molecular flexibility index (Phi) is 7.63. The molecule has 152 valence electrons. The summed E-state index contributed by atoms with van der Waals surface area (Å²) in [5.74, 6) is 0.258. The lowest BCUT2D eigenvalue weighted by Gasteiger charge is -2.22. The lowest BCUT2D eigenvalue weighted by atomic mass is 10.1. The van der Waals surface area contributed by atoms with Crippen LogP contribution in [0.2, 0.25) is 0 Å². The highest BCUT2D eigenvalue weighted by Crippen LogP contribution is 2.24. The summed E-state index contributed by atoms with van der Waals surface area (Å²) in [5.41, 5.74) is 1.65. The molecule has 0 saturated carbocycles. The number of ether oxygens (including phenoxy) is 1. The molecular formula is C20H25BrN2O4S. The summed E-state index contributed by atoms with van der Waals surface area (Å²) >= 11 is 3.38. The van der Waals surface area contributed by atoms with Crippen molar-refractivity contribution in [3.8, 4) is 5.75 Å². The monoisotopic (exact) mass is 468 g/mol. The Labute approximate surface area is 175 Å². The van der Waals surface area contributed by atoms with E-state index in [2.05, 4.69) is 21.2 Å². The highest BCUT2D eigenvalue weighted by Gasteiger charge is 2.26. The molecule has 0 aliphatic carbocycles. The van der Waals surface area contributed by atoms with Gasteiger partial charge in [0, 0.05) is 11.0 Å². The maximum atomic E-state index is 12.9. The minimum atomic E-state index is -3.79. The number of carbonyl (C=O) groups is 1. The van der Waals surface area contributed by atoms with E-state index in [1.807, 2.05) is 31.2 Å². The van der Waals surface area contributed by atoms with Crippen LogP contribution in [0, 0.1) is 6.92 Å². The smallest absolute Gasteiger partial charge is 0.243 e. The zero-order valence-electron chi connectivity index (χ0n) is 16.4. The van der Waals surface area contributed by atoms with Gasteiger partial charge in [0.05, 0.1) is 24.6 Å². The molecule has 1 atom stereocenters. The number of sulfonamides is 1. The molecule has 1 amide bonds. The fourth-order valence-electron chi connectivity index (χ4n) is 2.81. The molecule has 0 bridgehead atoms. The van der Waals surface area contributed by atoms with Crippen LogP contribution in [0.3, 0.4) is 0 Å². The van der Waals surface area contributed by atoms with E-state index in [9.17, 15) is 13.2 Å². The zero-order chi connectivity index (χ0) is 20.9. The third-order valence-electron chi connectivity index (χ3n) is 4.42. The van der Waals surface area contributed by atoms with Gasteiger partial charge >= 0.3 is 0 Å². The number of methoxy groups -OCH3 is 1. The largest absolute Gasteiger partial charge is 0.496 e. The Hall–Kier alpha value is -1.90. The van der Waals surface area contributed by atoms with Crippen LogP contribution in [0.5, 0.6) is 5.75 Å². The lowest BCUT2D eigenvalue weighted by Crippen LogP contribution is -2.41. The molecule has 2 aromatic rings. The van der Waals surface area contributed by atoms with E-state index in [1.54, 1.807) is 26.0 Å². The normalized spacial score (nSPS) is 12.6. The summed E-state index contributed by atoms with van der Waals surface area (Å²) in [6.07, 6.45) is 0. The van der Waals surface area contributed by atoms with E-state index in [0.29, 0.717) is 11.3 Å². The number of amides is 1. The summed E-state index contributed by atoms with van der Waals surface area (Å²) in [5, 5.41) is 2.85. The Morgan fingerprint density at radius 1 is 1.21 bits per heavy atom. The van der Waals surface area contributed by atoms with Crippen LogP contribution in [-0.2, 0) is 14.8 Å². The quantitative estimate of drug-likeness (QED) is 0.641. The maximum Gasteiger partial charge on any atom is 0.243 e. The van der Waals surface area contributed by atoms with Gasteiger partial charge in [-0.25, -0.2) is 8.42 Å². The van der Waals surface area contributed by atoms with Crippen molar-refractivity contribution in [3.63, 3.8) is 0 Å². The number of hydrogen-bond acceptors (Lipinski definition) is 4. The van der Waals surface area contributed by atoms with Gasteiger partial charge in [-0.1, -0.05) is 35.0 Å². The Balaban J connectivity index is 2.12. The first kappa shape index (κ1) is 22.4. The summed E-state index contributed by atoms with van der Waals surface area (Å²) in [6, 6.07) is 12.0. The first-order valence-corrected chi connectivity index (χ1v) is 11.1. The second-order valence-electron chi connectivity index (χ2n) is 6.40. The van der Waals surface area contributed by atoms with Crippen LogP contribution in [0.4, 0.5) is 0 Å². The van der Waals surface area contributed by atoms with Crippen molar-refractivity contribution in [3.05, 3.63) is 58.1 Å². The first-order chi connectivity index (χ1) is 13.2. The average molecular weight is 469 g/mol. The number of nitrogens with zero attached hydrogens (tertiary/aromatic N) is 1. The molecule has 0 aromatic heterocycles. The van der Waals surface area contributed by atoms with Gasteiger partial charge in [0.2, 0.25) is 15.9 Å². The molecule has 0 heterocycles. The molecule has 0 radical (unpaired) electrons. The second-order valence-corrected chi connectivity index (χ2v) is 9.26. The predicted octanol–water partition coefficient (Wildman–Crippen LogP) is 3.65. The Bertz CT molecular complexity index is 930. The number of benzene rings is 2. The molecule has 2 rings (SSSR count). The van der Waals surface area contributed by atoms with Crippen molar-refractivity contribution in [2.75, 3.05) is 20.2 Å². The van der Waals surface area contributed by atoms with Crippen molar-refractivity contribution < 1.29 is 17.9 Å². The summed E-state index contributed by atoms with van der Waals surface area (Å²) in [7, 11) is -2.26. The number of carbonyl (C=O) groups excluding carboxylic acids is 1. The van der Waals surface area contributed by atoms with Crippen LogP contribution in [0.1, 0.15) is 31.0 Å². The van der Waals surface area contributed by atoms with E-state index in [1.165, 1.54) is 13.2 Å². The van der Waals surface area contributed by atoms with E-state index in [-0.39, 0.29) is 29.9 Å². The third-order valence-corrected chi connectivity index (χ3v) is 6.87. The van der Waals surface area contributed by atoms with Crippen LogP contribution in [0.25, 0.3) is 0 Å². The van der Waals surface area contributed by atoms with Gasteiger partial charge in [-0.3, -0.25) is 4.79 Å². The number of halogens is 1. The van der Waals surface area contributed by atoms with Crippen molar-refractivity contribution in [1.29, 1.82) is 0 Å². The molecule has 8 heteroatoms. The average Bonchev–Trinajstić information content (AvgIpc) is 2.66. The molecule has 0 aliphatic heterocycles. The second kappa shape index (κ2) is 9.54. The molecular weight excluding hydrogens is 444 g/mol. The number of aryl methyl sites for hydroxylation is 1. The fraction of sp³-hybridized carbons (Fsp3) is 0.350. The molecule has 0 spiro atoms. The van der Waals surface area contributed by atoms with Crippen molar-refractivity contribution >= 4 is 31.9 Å². The first-order valence-electron chi connectivity index (χ1n) is 8.88. The van der Waals surface area contributed by atoms with E-state index >= 15 is 0 Å². The number of likely N-dealkylation sites (N-methyl/N-ethyl adjacent to an activating group) is 1. The fourth-order valence-corrected chi connectivity index (χ4v) is 4.56. The highest BCUT2D eigenvalue weighted by atomic mass is 79.9. The number of rotatable bonds is 8. The Morgan fingerprint density at radius 3 is 2.39 bits per heavy atom. The molecule has 28 heavy (non-hydrogen) atoms. The maximum absolute atomic E-state index is 12.9. The number of nitrogens with one attached hydrogen (secondary N) is 1. The summed E-state index contributed by atoms with van der Waals surface area (Å²) in [6.45, 7) is 5.29. The van der Waals surface area contributed by atoms with Gasteiger partial charge < -0.3 is 10.1 Å².